The van der Waals surface area contributed by atoms with Gasteiger partial charge < -0.3 is 9.47 Å². The van der Waals surface area contributed by atoms with Crippen molar-refractivity contribution in [3.8, 4) is 0 Å². The number of rotatable bonds is 1. The van der Waals surface area contributed by atoms with Gasteiger partial charge in [0, 0.05) is 6.92 Å². The Hall–Kier alpha value is -1.59. The molecular formula is C10H15NO5. The Bertz CT molecular complexity index is 331. The third kappa shape index (κ3) is 2.95. The molecule has 1 heterocycles. The fraction of sp³-hybridized carbons (Fsp3) is 0.700. The van der Waals surface area contributed by atoms with Crippen molar-refractivity contribution in [3.05, 3.63) is 0 Å². The lowest BCUT2D eigenvalue weighted by molar-refractivity contribution is -0.178. The summed E-state index contributed by atoms with van der Waals surface area (Å²) in [6, 6.07) is 0. The normalized spacial score (nSPS) is 20.1. The second-order valence-electron chi connectivity index (χ2n) is 4.51. The molecule has 6 heteroatoms. The Labute approximate surface area is 93.5 Å². The lowest BCUT2D eigenvalue weighted by Gasteiger charge is -2.37. The number of esters is 1. The van der Waals surface area contributed by atoms with E-state index in [9.17, 15) is 14.4 Å². The molecule has 0 aliphatic carbocycles. The number of carbonyl (C=O) groups is 3. The zero-order valence-corrected chi connectivity index (χ0v) is 9.77. The molecule has 0 aromatic carbocycles. The van der Waals surface area contributed by atoms with E-state index in [0.29, 0.717) is 0 Å². The molecule has 0 aromatic heterocycles. The van der Waals surface area contributed by atoms with Crippen molar-refractivity contribution in [2.75, 3.05) is 0 Å². The third-order valence-electron chi connectivity index (χ3n) is 1.80. The van der Waals surface area contributed by atoms with Crippen LogP contribution in [-0.4, -0.2) is 34.7 Å². The standard InChI is InChI=1S/C10H15NO5/c1-6(12)15-8-5-7(13)11(8)9(14)16-10(2,3)4/h8H,5H2,1-4H3. The van der Waals surface area contributed by atoms with Crippen LogP contribution < -0.4 is 0 Å². The van der Waals surface area contributed by atoms with E-state index < -0.39 is 29.8 Å². The van der Waals surface area contributed by atoms with E-state index in [-0.39, 0.29) is 6.42 Å². The van der Waals surface area contributed by atoms with Crippen LogP contribution in [0.2, 0.25) is 0 Å². The molecule has 0 spiro atoms. The highest BCUT2D eigenvalue weighted by atomic mass is 16.6. The molecule has 1 unspecified atom stereocenters. The van der Waals surface area contributed by atoms with Crippen LogP contribution in [0.25, 0.3) is 0 Å². The molecule has 1 aliphatic heterocycles. The highest BCUT2D eigenvalue weighted by Gasteiger charge is 2.45. The number of likely N-dealkylation sites (tertiary alicyclic amines) is 1. The first-order valence-corrected chi connectivity index (χ1v) is 4.93. The summed E-state index contributed by atoms with van der Waals surface area (Å²) < 4.78 is 9.77. The minimum Gasteiger partial charge on any atom is -0.443 e. The molecule has 0 aromatic rings. The highest BCUT2D eigenvalue weighted by molar-refractivity contribution is 5.97. The van der Waals surface area contributed by atoms with Crippen molar-refractivity contribution in [1.82, 2.24) is 4.90 Å². The molecule has 0 bridgehead atoms. The van der Waals surface area contributed by atoms with Crippen molar-refractivity contribution < 1.29 is 23.9 Å². The van der Waals surface area contributed by atoms with E-state index in [1.165, 1.54) is 6.92 Å². The van der Waals surface area contributed by atoms with Gasteiger partial charge in [0.05, 0.1) is 6.42 Å². The maximum absolute atomic E-state index is 11.5. The largest absolute Gasteiger partial charge is 0.443 e. The first-order valence-electron chi connectivity index (χ1n) is 4.93. The predicted octanol–water partition coefficient (Wildman–Crippen LogP) is 1.04. The van der Waals surface area contributed by atoms with E-state index in [0.717, 1.165) is 4.90 Å². The number of hydrogen-bond acceptors (Lipinski definition) is 5. The van der Waals surface area contributed by atoms with Crippen LogP contribution in [0.3, 0.4) is 0 Å². The first-order chi connectivity index (χ1) is 7.20. The van der Waals surface area contributed by atoms with Crippen molar-refractivity contribution >= 4 is 18.0 Å². The Balaban J connectivity index is 2.60. The molecule has 0 saturated carbocycles. The molecule has 2 amide bonds. The van der Waals surface area contributed by atoms with Gasteiger partial charge in [-0.15, -0.1) is 0 Å². The maximum atomic E-state index is 11.5. The lowest BCUT2D eigenvalue weighted by Crippen LogP contribution is -2.58. The SMILES string of the molecule is CC(=O)OC1CC(=O)N1C(=O)OC(C)(C)C. The number of carbonyl (C=O) groups excluding carboxylic acids is 3. The second-order valence-corrected chi connectivity index (χ2v) is 4.51. The summed E-state index contributed by atoms with van der Waals surface area (Å²) in [5.74, 6) is -0.938. The molecule has 0 N–H and O–H groups in total. The van der Waals surface area contributed by atoms with Crippen LogP contribution >= 0.6 is 0 Å². The van der Waals surface area contributed by atoms with Gasteiger partial charge in [-0.3, -0.25) is 9.59 Å². The number of ether oxygens (including phenoxy) is 2. The summed E-state index contributed by atoms with van der Waals surface area (Å²) in [7, 11) is 0. The van der Waals surface area contributed by atoms with Gasteiger partial charge in [-0.1, -0.05) is 0 Å². The topological polar surface area (TPSA) is 72.9 Å². The van der Waals surface area contributed by atoms with E-state index in [2.05, 4.69) is 0 Å². The van der Waals surface area contributed by atoms with Crippen LogP contribution in [0.1, 0.15) is 34.1 Å². The average molecular weight is 229 g/mol. The van der Waals surface area contributed by atoms with Crippen LogP contribution in [0.5, 0.6) is 0 Å². The molecular weight excluding hydrogens is 214 g/mol. The van der Waals surface area contributed by atoms with Crippen LogP contribution in [0, 0.1) is 0 Å². The van der Waals surface area contributed by atoms with E-state index in [1.54, 1.807) is 20.8 Å². The van der Waals surface area contributed by atoms with Gasteiger partial charge in [-0.05, 0) is 20.8 Å². The van der Waals surface area contributed by atoms with Gasteiger partial charge in [0.15, 0.2) is 6.23 Å². The predicted molar refractivity (Wildman–Crippen MR) is 53.3 cm³/mol. The second kappa shape index (κ2) is 4.11. The summed E-state index contributed by atoms with van der Waals surface area (Å²) in [6.07, 6.45) is -1.58. The van der Waals surface area contributed by atoms with Crippen molar-refractivity contribution in [2.45, 2.75) is 45.9 Å². The zero-order valence-electron chi connectivity index (χ0n) is 9.77. The maximum Gasteiger partial charge on any atom is 0.420 e. The van der Waals surface area contributed by atoms with Gasteiger partial charge in [0.25, 0.3) is 0 Å². The number of nitrogens with zero attached hydrogens (tertiary/aromatic N) is 1. The van der Waals surface area contributed by atoms with Gasteiger partial charge in [-0.2, -0.15) is 0 Å². The van der Waals surface area contributed by atoms with Crippen molar-refractivity contribution in [2.24, 2.45) is 0 Å². The number of hydrogen-bond donors (Lipinski definition) is 0. The average Bonchev–Trinajstić information content (AvgIpc) is 1.97. The Kier molecular flexibility index (Phi) is 3.21. The molecule has 6 nitrogen and oxygen atoms in total. The molecule has 90 valence electrons. The van der Waals surface area contributed by atoms with Gasteiger partial charge in [0.2, 0.25) is 5.91 Å². The molecule has 1 rings (SSSR count). The molecule has 1 aliphatic rings. The van der Waals surface area contributed by atoms with E-state index in [1.807, 2.05) is 0 Å². The van der Waals surface area contributed by atoms with E-state index >= 15 is 0 Å². The number of imide groups is 1. The fourth-order valence-corrected chi connectivity index (χ4v) is 1.20. The number of β-lactam (4-membered cyclic amide) rings is 1. The highest BCUT2D eigenvalue weighted by Crippen LogP contribution is 2.23. The van der Waals surface area contributed by atoms with Crippen LogP contribution in [-0.2, 0) is 19.1 Å². The van der Waals surface area contributed by atoms with Crippen LogP contribution in [0.15, 0.2) is 0 Å². The molecule has 1 fully saturated rings. The fourth-order valence-electron chi connectivity index (χ4n) is 1.20. The van der Waals surface area contributed by atoms with Crippen molar-refractivity contribution in [1.29, 1.82) is 0 Å². The summed E-state index contributed by atoms with van der Waals surface area (Å²) >= 11 is 0. The smallest absolute Gasteiger partial charge is 0.420 e. The summed E-state index contributed by atoms with van der Waals surface area (Å²) in [6.45, 7) is 6.29. The van der Waals surface area contributed by atoms with Gasteiger partial charge in [-0.25, -0.2) is 9.69 Å². The summed E-state index contributed by atoms with van der Waals surface area (Å²) in [5, 5.41) is 0. The molecule has 16 heavy (non-hydrogen) atoms. The monoisotopic (exact) mass is 229 g/mol. The van der Waals surface area contributed by atoms with Crippen LogP contribution in [0.4, 0.5) is 4.79 Å². The van der Waals surface area contributed by atoms with Gasteiger partial charge in [0.1, 0.15) is 5.60 Å². The van der Waals surface area contributed by atoms with Crippen molar-refractivity contribution in [3.63, 3.8) is 0 Å². The lowest BCUT2D eigenvalue weighted by atomic mass is 10.1. The summed E-state index contributed by atoms with van der Waals surface area (Å²) in [4.78, 5) is 34.2. The number of amides is 2. The Morgan fingerprint density at radius 3 is 2.31 bits per heavy atom. The van der Waals surface area contributed by atoms with E-state index in [4.69, 9.17) is 9.47 Å². The quantitative estimate of drug-likeness (QED) is 0.496. The minimum absolute atomic E-state index is 0.0266. The molecule has 1 atom stereocenters. The Morgan fingerprint density at radius 1 is 1.38 bits per heavy atom. The first kappa shape index (κ1) is 12.5. The minimum atomic E-state index is -0.820. The zero-order chi connectivity index (χ0) is 12.5. The third-order valence-corrected chi connectivity index (χ3v) is 1.80. The van der Waals surface area contributed by atoms with Gasteiger partial charge >= 0.3 is 12.1 Å². The molecule has 1 saturated heterocycles. The Morgan fingerprint density at radius 2 is 1.94 bits per heavy atom. The molecule has 0 radical (unpaired) electrons. The summed E-state index contributed by atoms with van der Waals surface area (Å²) in [5.41, 5.74) is -0.687.